The van der Waals surface area contributed by atoms with Crippen LogP contribution in [0, 0.1) is 0 Å². The molecule has 1 aromatic carbocycles. The lowest BCUT2D eigenvalue weighted by molar-refractivity contribution is -0.150. The third kappa shape index (κ3) is 6.72. The van der Waals surface area contributed by atoms with Crippen molar-refractivity contribution >= 4 is 35.5 Å². The van der Waals surface area contributed by atoms with Crippen LogP contribution in [-0.2, 0) is 46.5 Å². The lowest BCUT2D eigenvalue weighted by atomic mass is 9.93. The number of nitrogens with one attached hydrogen (secondary N) is 1. The molecule has 12 nitrogen and oxygen atoms in total. The third-order valence-electron chi connectivity index (χ3n) is 6.25. The number of carbonyl (C=O) groups excluding carboxylic acids is 6. The van der Waals surface area contributed by atoms with Gasteiger partial charge >= 0.3 is 5.97 Å². The van der Waals surface area contributed by atoms with E-state index in [0.29, 0.717) is 37.4 Å². The predicted molar refractivity (Wildman–Crippen MR) is 130 cm³/mol. The molecule has 0 aromatic heterocycles. The van der Waals surface area contributed by atoms with Crippen molar-refractivity contribution in [3.8, 4) is 0 Å². The van der Waals surface area contributed by atoms with Crippen molar-refractivity contribution in [2.45, 2.75) is 51.7 Å². The van der Waals surface area contributed by atoms with Gasteiger partial charge in [0.1, 0.15) is 18.6 Å². The quantitative estimate of drug-likeness (QED) is 0.280. The fraction of sp³-hybridized carbons (Fsp3) is 0.440. The Balaban J connectivity index is 1.75. The van der Waals surface area contributed by atoms with Crippen LogP contribution in [0.2, 0.25) is 0 Å². The van der Waals surface area contributed by atoms with Gasteiger partial charge in [-0.1, -0.05) is 24.3 Å². The molecule has 1 fully saturated rings. The zero-order valence-electron chi connectivity index (χ0n) is 20.8. The highest BCUT2D eigenvalue weighted by atomic mass is 16.5. The van der Waals surface area contributed by atoms with Gasteiger partial charge in [-0.15, -0.1) is 0 Å². The van der Waals surface area contributed by atoms with Crippen molar-refractivity contribution in [2.75, 3.05) is 19.7 Å². The molecular weight excluding hydrogens is 482 g/mol. The van der Waals surface area contributed by atoms with Crippen LogP contribution in [-0.4, -0.2) is 82.1 Å². The molecule has 3 rings (SSSR count). The summed E-state index contributed by atoms with van der Waals surface area (Å²) >= 11 is 0. The zero-order chi connectivity index (χ0) is 27.1. The SMILES string of the molecule is CCOC(=O)/C=C/C(=O)N(CC(N)=O)NC(=O)[C@@H]1CCCN1C(=O)[C@@H]1Cc2ccccc2CN1C(C)=O. The minimum absolute atomic E-state index is 0.109. The first kappa shape index (κ1) is 27.4. The van der Waals surface area contributed by atoms with Crippen LogP contribution in [0.4, 0.5) is 0 Å². The maximum absolute atomic E-state index is 13.6. The monoisotopic (exact) mass is 513 g/mol. The van der Waals surface area contributed by atoms with E-state index in [1.807, 2.05) is 24.3 Å². The summed E-state index contributed by atoms with van der Waals surface area (Å²) in [5, 5.41) is 0.681. The molecular formula is C25H31N5O7. The molecule has 2 aliphatic rings. The summed E-state index contributed by atoms with van der Waals surface area (Å²) in [6, 6.07) is 5.89. The van der Waals surface area contributed by atoms with Crippen LogP contribution in [0.1, 0.15) is 37.8 Å². The second kappa shape index (κ2) is 12.2. The molecule has 198 valence electrons. The highest BCUT2D eigenvalue weighted by molar-refractivity contribution is 5.98. The molecule has 0 unspecified atom stereocenters. The molecule has 3 N–H and O–H groups in total. The van der Waals surface area contributed by atoms with E-state index >= 15 is 0 Å². The molecule has 5 amide bonds. The summed E-state index contributed by atoms with van der Waals surface area (Å²) in [6.45, 7) is 3.06. The van der Waals surface area contributed by atoms with E-state index in [0.717, 1.165) is 23.3 Å². The first-order chi connectivity index (χ1) is 17.6. The van der Waals surface area contributed by atoms with Crippen LogP contribution in [0.5, 0.6) is 0 Å². The van der Waals surface area contributed by atoms with Crippen LogP contribution >= 0.6 is 0 Å². The van der Waals surface area contributed by atoms with E-state index in [2.05, 4.69) is 5.43 Å². The molecule has 2 aliphatic heterocycles. The predicted octanol–water partition coefficient (Wildman–Crippen LogP) is -0.585. The summed E-state index contributed by atoms with van der Waals surface area (Å²) in [7, 11) is 0. The average Bonchev–Trinajstić information content (AvgIpc) is 3.35. The Kier molecular flexibility index (Phi) is 8.99. The van der Waals surface area contributed by atoms with Crippen molar-refractivity contribution in [1.29, 1.82) is 0 Å². The van der Waals surface area contributed by atoms with E-state index in [1.165, 1.54) is 16.7 Å². The van der Waals surface area contributed by atoms with Gasteiger partial charge in [0.05, 0.1) is 6.61 Å². The molecule has 0 saturated carbocycles. The van der Waals surface area contributed by atoms with Gasteiger partial charge in [-0.2, -0.15) is 0 Å². The number of fused-ring (bicyclic) bond motifs is 1. The number of nitrogens with two attached hydrogens (primary N) is 1. The summed E-state index contributed by atoms with van der Waals surface area (Å²) in [6.07, 6.45) is 2.92. The Bertz CT molecular complexity index is 1120. The Labute approximate surface area is 214 Å². The third-order valence-corrected chi connectivity index (χ3v) is 6.25. The van der Waals surface area contributed by atoms with Gasteiger partial charge < -0.3 is 20.3 Å². The molecule has 0 radical (unpaired) electrons. The highest BCUT2D eigenvalue weighted by Crippen LogP contribution is 2.27. The molecule has 2 atom stereocenters. The number of hydrazine groups is 1. The second-order valence-corrected chi connectivity index (χ2v) is 8.78. The summed E-state index contributed by atoms with van der Waals surface area (Å²) in [5.74, 6) is -3.83. The second-order valence-electron chi connectivity index (χ2n) is 8.78. The summed E-state index contributed by atoms with van der Waals surface area (Å²) in [5.41, 5.74) is 9.50. The fourth-order valence-corrected chi connectivity index (χ4v) is 4.52. The van der Waals surface area contributed by atoms with Crippen LogP contribution in [0.3, 0.4) is 0 Å². The van der Waals surface area contributed by atoms with Gasteiger partial charge in [0, 0.05) is 38.6 Å². The number of nitrogens with zero attached hydrogens (tertiary/aromatic N) is 3. The largest absolute Gasteiger partial charge is 0.463 e. The van der Waals surface area contributed by atoms with Gasteiger partial charge in [-0.3, -0.25) is 29.4 Å². The van der Waals surface area contributed by atoms with Crippen LogP contribution in [0.15, 0.2) is 36.4 Å². The average molecular weight is 514 g/mol. The van der Waals surface area contributed by atoms with E-state index < -0.39 is 42.3 Å². The number of carbonyl (C=O) groups is 6. The Morgan fingerprint density at radius 2 is 1.78 bits per heavy atom. The van der Waals surface area contributed by atoms with Gasteiger partial charge in [0.2, 0.25) is 17.7 Å². The Morgan fingerprint density at radius 1 is 1.08 bits per heavy atom. The van der Waals surface area contributed by atoms with E-state index in [1.54, 1.807) is 6.92 Å². The summed E-state index contributed by atoms with van der Waals surface area (Å²) in [4.78, 5) is 77.6. The van der Waals surface area contributed by atoms with Crippen LogP contribution < -0.4 is 11.2 Å². The zero-order valence-corrected chi connectivity index (χ0v) is 20.8. The number of hydrogen-bond donors (Lipinski definition) is 2. The van der Waals surface area contributed by atoms with Crippen molar-refractivity contribution in [3.05, 3.63) is 47.5 Å². The molecule has 1 saturated heterocycles. The number of rotatable bonds is 7. The molecule has 0 bridgehead atoms. The molecule has 2 heterocycles. The topological polar surface area (TPSA) is 159 Å². The first-order valence-electron chi connectivity index (χ1n) is 12.0. The molecule has 0 aliphatic carbocycles. The number of primary amides is 1. The lowest BCUT2D eigenvalue weighted by Gasteiger charge is -2.38. The Morgan fingerprint density at radius 3 is 2.43 bits per heavy atom. The van der Waals surface area contributed by atoms with E-state index in [-0.39, 0.29) is 18.4 Å². The normalized spacial score (nSPS) is 18.8. The van der Waals surface area contributed by atoms with Gasteiger partial charge in [-0.05, 0) is 30.9 Å². The number of ether oxygens (including phenoxy) is 1. The lowest BCUT2D eigenvalue weighted by Crippen LogP contribution is -2.58. The Hall–Kier alpha value is -4.22. The number of likely N-dealkylation sites (tertiary alicyclic amines) is 1. The molecule has 37 heavy (non-hydrogen) atoms. The minimum Gasteiger partial charge on any atom is -0.463 e. The van der Waals surface area contributed by atoms with Gasteiger partial charge in [-0.25, -0.2) is 9.80 Å². The number of amides is 5. The van der Waals surface area contributed by atoms with Gasteiger partial charge in [0.25, 0.3) is 11.8 Å². The van der Waals surface area contributed by atoms with Crippen molar-refractivity contribution < 1.29 is 33.5 Å². The maximum Gasteiger partial charge on any atom is 0.330 e. The van der Waals surface area contributed by atoms with Crippen molar-refractivity contribution in [2.24, 2.45) is 5.73 Å². The smallest absolute Gasteiger partial charge is 0.330 e. The first-order valence-corrected chi connectivity index (χ1v) is 12.0. The molecule has 0 spiro atoms. The standard InChI is InChI=1S/C25H31N5O7/c1-3-37-23(34)11-10-22(33)30(15-21(26)32)27-24(35)19-9-6-12-28(19)25(36)20-13-17-7-4-5-8-18(17)14-29(20)16(2)31/h4-5,7-8,10-11,19-20H,3,6,9,12-15H2,1-2H3,(H2,26,32)(H,27,35)/b11-10+/t19-,20-/m0/s1. The van der Waals surface area contributed by atoms with Crippen LogP contribution in [0.25, 0.3) is 0 Å². The van der Waals surface area contributed by atoms with E-state index in [9.17, 15) is 28.8 Å². The van der Waals surface area contributed by atoms with Crippen molar-refractivity contribution in [1.82, 2.24) is 20.2 Å². The summed E-state index contributed by atoms with van der Waals surface area (Å²) < 4.78 is 4.71. The minimum atomic E-state index is -0.921. The number of esters is 1. The number of hydrogen-bond acceptors (Lipinski definition) is 7. The van der Waals surface area contributed by atoms with Crippen molar-refractivity contribution in [3.63, 3.8) is 0 Å². The maximum atomic E-state index is 13.6. The molecule has 1 aromatic rings. The molecule has 12 heteroatoms. The van der Waals surface area contributed by atoms with Gasteiger partial charge in [0.15, 0.2) is 0 Å². The highest BCUT2D eigenvalue weighted by Gasteiger charge is 2.42. The number of benzene rings is 1. The fourth-order valence-electron chi connectivity index (χ4n) is 4.52. The van der Waals surface area contributed by atoms with E-state index in [4.69, 9.17) is 10.5 Å².